The van der Waals surface area contributed by atoms with E-state index in [1.54, 1.807) is 6.20 Å². The molecule has 0 saturated carbocycles. The minimum Gasteiger partial charge on any atom is -0.431 e. The van der Waals surface area contributed by atoms with Crippen molar-refractivity contribution in [2.45, 2.75) is 25.5 Å². The molecule has 0 radical (unpaired) electrons. The lowest BCUT2D eigenvalue weighted by atomic mass is 10.1. The zero-order chi connectivity index (χ0) is 20.2. The number of aromatic nitrogens is 4. The maximum atomic E-state index is 12.2. The second-order valence-electron chi connectivity index (χ2n) is 6.59. The Kier molecular flexibility index (Phi) is 5.62. The molecule has 0 spiro atoms. The number of pyridine rings is 1. The number of carbonyl (C=O) groups is 1. The summed E-state index contributed by atoms with van der Waals surface area (Å²) in [4.78, 5) is 20.9. The molecule has 0 aliphatic carbocycles. The zero-order valence-corrected chi connectivity index (χ0v) is 17.1. The van der Waals surface area contributed by atoms with Crippen LogP contribution in [0.1, 0.15) is 17.0 Å². The number of hydrogen-bond acceptors (Lipinski definition) is 6. The number of nitrogens with one attached hydrogen (secondary N) is 1. The molecule has 0 unspecified atom stereocenters. The van der Waals surface area contributed by atoms with Crippen LogP contribution in [0.2, 0.25) is 0 Å². The third-order valence-electron chi connectivity index (χ3n) is 4.61. The third-order valence-corrected chi connectivity index (χ3v) is 5.43. The summed E-state index contributed by atoms with van der Waals surface area (Å²) in [5.74, 6) is 1.00. The molecule has 29 heavy (non-hydrogen) atoms. The van der Waals surface area contributed by atoms with Gasteiger partial charge in [-0.25, -0.2) is 14.6 Å². The fourth-order valence-corrected chi connectivity index (χ4v) is 3.83. The molecule has 0 bridgehead atoms. The Morgan fingerprint density at radius 3 is 2.79 bits per heavy atom. The van der Waals surface area contributed by atoms with Gasteiger partial charge in [0.15, 0.2) is 11.4 Å². The monoisotopic (exact) mass is 407 g/mol. The summed E-state index contributed by atoms with van der Waals surface area (Å²) in [7, 11) is 0. The largest absolute Gasteiger partial charge is 0.431 e. The molecule has 1 aromatic carbocycles. The number of nitrogens with zero attached hydrogens (tertiary/aromatic N) is 4. The molecule has 0 saturated heterocycles. The van der Waals surface area contributed by atoms with Gasteiger partial charge in [0.2, 0.25) is 5.91 Å². The number of aryl methyl sites for hydroxylation is 1. The van der Waals surface area contributed by atoms with Crippen LogP contribution in [-0.2, 0) is 11.2 Å². The first-order valence-corrected chi connectivity index (χ1v) is 10.3. The van der Waals surface area contributed by atoms with Crippen LogP contribution in [0.15, 0.2) is 58.3 Å². The van der Waals surface area contributed by atoms with Crippen LogP contribution in [0.4, 0.5) is 0 Å². The molecule has 1 amide bonds. The minimum absolute atomic E-state index is 0.0512. The van der Waals surface area contributed by atoms with Crippen LogP contribution in [-0.4, -0.2) is 38.0 Å². The van der Waals surface area contributed by atoms with Crippen LogP contribution < -0.4 is 5.32 Å². The van der Waals surface area contributed by atoms with Gasteiger partial charge in [-0.15, -0.1) is 0 Å². The van der Waals surface area contributed by atoms with Crippen LogP contribution in [0.3, 0.4) is 0 Å². The summed E-state index contributed by atoms with van der Waals surface area (Å²) >= 11 is 1.29. The number of carbonyl (C=O) groups excluding carboxylic acids is 1. The van der Waals surface area contributed by atoms with E-state index in [9.17, 15) is 4.79 Å². The number of oxazole rings is 1. The van der Waals surface area contributed by atoms with Crippen molar-refractivity contribution < 1.29 is 9.21 Å². The van der Waals surface area contributed by atoms with Gasteiger partial charge in [-0.2, -0.15) is 5.10 Å². The van der Waals surface area contributed by atoms with E-state index in [1.165, 1.54) is 11.8 Å². The van der Waals surface area contributed by atoms with Gasteiger partial charge in [-0.3, -0.25) is 4.79 Å². The lowest BCUT2D eigenvalue weighted by Gasteiger charge is -2.06. The van der Waals surface area contributed by atoms with Gasteiger partial charge < -0.3 is 9.73 Å². The van der Waals surface area contributed by atoms with Gasteiger partial charge in [0.1, 0.15) is 5.52 Å². The highest BCUT2D eigenvalue weighted by Gasteiger charge is 2.14. The van der Waals surface area contributed by atoms with E-state index >= 15 is 0 Å². The summed E-state index contributed by atoms with van der Waals surface area (Å²) in [6.45, 7) is 4.55. The molecule has 8 heteroatoms. The molecular formula is C21H21N5O2S. The normalized spacial score (nSPS) is 11.1. The molecule has 0 aliphatic rings. The second kappa shape index (κ2) is 8.48. The van der Waals surface area contributed by atoms with Crippen LogP contribution in [0.25, 0.3) is 16.9 Å². The fraction of sp³-hybridized carbons (Fsp3) is 0.238. The summed E-state index contributed by atoms with van der Waals surface area (Å²) < 4.78 is 7.47. The Morgan fingerprint density at radius 2 is 2.00 bits per heavy atom. The molecule has 148 valence electrons. The number of amides is 1. The van der Waals surface area contributed by atoms with Gasteiger partial charge in [0, 0.05) is 18.4 Å². The van der Waals surface area contributed by atoms with Crippen molar-refractivity contribution in [3.63, 3.8) is 0 Å². The van der Waals surface area contributed by atoms with Crippen molar-refractivity contribution >= 4 is 28.8 Å². The van der Waals surface area contributed by atoms with E-state index in [-0.39, 0.29) is 11.7 Å². The molecule has 4 aromatic rings. The van der Waals surface area contributed by atoms with Gasteiger partial charge in [-0.1, -0.05) is 30.0 Å². The topological polar surface area (TPSA) is 85.8 Å². The van der Waals surface area contributed by atoms with E-state index in [4.69, 9.17) is 4.42 Å². The number of hydrogen-bond donors (Lipinski definition) is 1. The van der Waals surface area contributed by atoms with E-state index < -0.39 is 0 Å². The van der Waals surface area contributed by atoms with Crippen molar-refractivity contribution in [2.24, 2.45) is 0 Å². The van der Waals surface area contributed by atoms with E-state index in [2.05, 4.69) is 20.4 Å². The fourth-order valence-electron chi connectivity index (χ4n) is 3.16. The molecule has 4 rings (SSSR count). The Bertz CT molecular complexity index is 1100. The van der Waals surface area contributed by atoms with E-state index in [0.717, 1.165) is 33.9 Å². The van der Waals surface area contributed by atoms with E-state index in [0.29, 0.717) is 18.2 Å². The SMILES string of the molecule is Cc1nn(-c2ccccn2)c(C)c1CCNC(=O)CSc1nc2ccccc2o1. The number of rotatable bonds is 7. The molecular weight excluding hydrogens is 386 g/mol. The van der Waals surface area contributed by atoms with Crippen molar-refractivity contribution in [3.05, 3.63) is 65.6 Å². The Balaban J connectivity index is 1.31. The molecule has 0 fully saturated rings. The predicted molar refractivity (Wildman–Crippen MR) is 112 cm³/mol. The summed E-state index contributed by atoms with van der Waals surface area (Å²) in [5, 5.41) is 8.05. The van der Waals surface area contributed by atoms with Crippen LogP contribution >= 0.6 is 11.8 Å². The number of fused-ring (bicyclic) bond motifs is 1. The third kappa shape index (κ3) is 4.32. The average molecular weight is 407 g/mol. The summed E-state index contributed by atoms with van der Waals surface area (Å²) in [6, 6.07) is 13.3. The summed E-state index contributed by atoms with van der Waals surface area (Å²) in [5.41, 5.74) is 4.64. The quantitative estimate of drug-likeness (QED) is 0.472. The maximum Gasteiger partial charge on any atom is 0.257 e. The van der Waals surface area contributed by atoms with Crippen molar-refractivity contribution in [1.29, 1.82) is 0 Å². The maximum absolute atomic E-state index is 12.2. The van der Waals surface area contributed by atoms with Crippen molar-refractivity contribution in [2.75, 3.05) is 12.3 Å². The summed E-state index contributed by atoms with van der Waals surface area (Å²) in [6.07, 6.45) is 2.46. The van der Waals surface area contributed by atoms with Crippen molar-refractivity contribution in [1.82, 2.24) is 25.1 Å². The lowest BCUT2D eigenvalue weighted by molar-refractivity contribution is -0.118. The minimum atomic E-state index is -0.0512. The Hall–Kier alpha value is -3.13. The smallest absolute Gasteiger partial charge is 0.257 e. The molecule has 3 aromatic heterocycles. The molecule has 7 nitrogen and oxygen atoms in total. The standard InChI is InChI=1S/C21H21N5O2S/c1-14-16(15(2)26(25-14)19-9-5-6-11-22-19)10-12-23-20(27)13-29-21-24-17-7-3-4-8-18(17)28-21/h3-9,11H,10,12-13H2,1-2H3,(H,23,27). The van der Waals surface area contributed by atoms with Gasteiger partial charge in [0.05, 0.1) is 11.4 Å². The first kappa shape index (κ1) is 19.2. The highest BCUT2D eigenvalue weighted by molar-refractivity contribution is 7.99. The highest BCUT2D eigenvalue weighted by Crippen LogP contribution is 2.23. The van der Waals surface area contributed by atoms with Crippen molar-refractivity contribution in [3.8, 4) is 5.82 Å². The first-order chi connectivity index (χ1) is 14.1. The lowest BCUT2D eigenvalue weighted by Crippen LogP contribution is -2.27. The van der Waals surface area contributed by atoms with Gasteiger partial charge in [-0.05, 0) is 50.1 Å². The van der Waals surface area contributed by atoms with Gasteiger partial charge >= 0.3 is 0 Å². The second-order valence-corrected chi connectivity index (χ2v) is 7.51. The van der Waals surface area contributed by atoms with Crippen LogP contribution in [0, 0.1) is 13.8 Å². The molecule has 3 heterocycles. The zero-order valence-electron chi connectivity index (χ0n) is 16.3. The van der Waals surface area contributed by atoms with Crippen LogP contribution in [0.5, 0.6) is 0 Å². The average Bonchev–Trinajstić information content (AvgIpc) is 3.28. The molecule has 0 atom stereocenters. The Morgan fingerprint density at radius 1 is 1.17 bits per heavy atom. The number of benzene rings is 1. The Labute approximate surface area is 172 Å². The molecule has 0 aliphatic heterocycles. The highest BCUT2D eigenvalue weighted by atomic mass is 32.2. The number of para-hydroxylation sites is 2. The molecule has 1 N–H and O–H groups in total. The van der Waals surface area contributed by atoms with E-state index in [1.807, 2.05) is 61.0 Å². The number of thioether (sulfide) groups is 1. The first-order valence-electron chi connectivity index (χ1n) is 9.33. The predicted octanol–water partition coefficient (Wildman–Crippen LogP) is 3.48. The van der Waals surface area contributed by atoms with Gasteiger partial charge in [0.25, 0.3) is 5.22 Å².